The minimum absolute atomic E-state index is 0.0286. The van der Waals surface area contributed by atoms with Gasteiger partial charge in [-0.1, -0.05) is 47.5 Å². The van der Waals surface area contributed by atoms with Gasteiger partial charge < -0.3 is 9.69 Å². The number of aldehydes is 1. The molecule has 0 bridgehead atoms. The third-order valence-corrected chi connectivity index (χ3v) is 5.90. The van der Waals surface area contributed by atoms with Gasteiger partial charge in [-0.3, -0.25) is 4.79 Å². The van der Waals surface area contributed by atoms with Crippen molar-refractivity contribution in [2.24, 2.45) is 0 Å². The molecule has 136 valence electrons. The van der Waals surface area contributed by atoms with E-state index in [1.807, 2.05) is 47.4 Å². The van der Waals surface area contributed by atoms with E-state index in [1.54, 1.807) is 6.07 Å². The molecule has 0 aliphatic carbocycles. The molecular formula is C21H21Cl2NO2. The molecule has 2 aromatic carbocycles. The topological polar surface area (TPSA) is 37.4 Å². The number of carbonyl (C=O) groups excluding carboxylic acids is 2. The molecule has 0 radical (unpaired) electrons. The van der Waals surface area contributed by atoms with E-state index >= 15 is 0 Å². The van der Waals surface area contributed by atoms with Gasteiger partial charge in [-0.2, -0.15) is 0 Å². The van der Waals surface area contributed by atoms with Crippen LogP contribution < -0.4 is 0 Å². The van der Waals surface area contributed by atoms with Crippen LogP contribution in [-0.4, -0.2) is 30.2 Å². The molecule has 1 heterocycles. The summed E-state index contributed by atoms with van der Waals surface area (Å²) in [6, 6.07) is 15.0. The van der Waals surface area contributed by atoms with E-state index in [0.717, 1.165) is 31.2 Å². The van der Waals surface area contributed by atoms with E-state index in [0.29, 0.717) is 35.0 Å². The summed E-state index contributed by atoms with van der Waals surface area (Å²) in [7, 11) is 0. The lowest BCUT2D eigenvalue weighted by Gasteiger charge is -2.43. The third-order valence-electron chi connectivity index (χ3n) is 5.16. The lowest BCUT2D eigenvalue weighted by Crippen LogP contribution is -2.48. The maximum absolute atomic E-state index is 12.9. The van der Waals surface area contributed by atoms with Crippen molar-refractivity contribution in [2.75, 3.05) is 13.1 Å². The Morgan fingerprint density at radius 1 is 1.12 bits per heavy atom. The largest absolute Gasteiger partial charge is 0.338 e. The van der Waals surface area contributed by atoms with Gasteiger partial charge in [0.1, 0.15) is 6.29 Å². The van der Waals surface area contributed by atoms with Crippen LogP contribution in [0.5, 0.6) is 0 Å². The molecule has 1 aliphatic rings. The Kier molecular flexibility index (Phi) is 6.00. The third kappa shape index (κ3) is 3.94. The second-order valence-electron chi connectivity index (χ2n) is 6.81. The van der Waals surface area contributed by atoms with Gasteiger partial charge in [0, 0.05) is 30.5 Å². The summed E-state index contributed by atoms with van der Waals surface area (Å²) in [5, 5.41) is 1.01. The van der Waals surface area contributed by atoms with Gasteiger partial charge in [0.2, 0.25) is 0 Å². The second kappa shape index (κ2) is 8.24. The molecule has 0 spiro atoms. The van der Waals surface area contributed by atoms with Crippen LogP contribution in [0, 0.1) is 0 Å². The number of likely N-dealkylation sites (tertiary alicyclic amines) is 1. The quantitative estimate of drug-likeness (QED) is 0.663. The summed E-state index contributed by atoms with van der Waals surface area (Å²) in [6.45, 7) is 1.30. The van der Waals surface area contributed by atoms with Gasteiger partial charge in [-0.15, -0.1) is 0 Å². The molecular weight excluding hydrogens is 369 g/mol. The minimum Gasteiger partial charge on any atom is -0.338 e. The molecule has 0 saturated carbocycles. The van der Waals surface area contributed by atoms with Crippen LogP contribution in [0.25, 0.3) is 0 Å². The number of hydrogen-bond donors (Lipinski definition) is 0. The number of rotatable bonds is 5. The van der Waals surface area contributed by atoms with Crippen LogP contribution in [-0.2, 0) is 10.2 Å². The van der Waals surface area contributed by atoms with Gasteiger partial charge in [-0.05, 0) is 49.1 Å². The van der Waals surface area contributed by atoms with E-state index in [4.69, 9.17) is 23.2 Å². The van der Waals surface area contributed by atoms with Crippen molar-refractivity contribution in [3.8, 4) is 0 Å². The zero-order chi connectivity index (χ0) is 18.6. The van der Waals surface area contributed by atoms with Crippen molar-refractivity contribution >= 4 is 35.4 Å². The SMILES string of the molecule is O=CCCC1(c2ccc(Cl)c(Cl)c2)CCCN(C(=O)c2ccccc2)C1. The number of benzene rings is 2. The van der Waals surface area contributed by atoms with Gasteiger partial charge in [0.25, 0.3) is 5.91 Å². The number of amides is 1. The van der Waals surface area contributed by atoms with Crippen molar-refractivity contribution in [1.82, 2.24) is 4.90 Å². The van der Waals surface area contributed by atoms with E-state index in [9.17, 15) is 9.59 Å². The first-order valence-corrected chi connectivity index (χ1v) is 9.55. The fourth-order valence-electron chi connectivity index (χ4n) is 3.81. The lowest BCUT2D eigenvalue weighted by atomic mass is 9.71. The summed E-state index contributed by atoms with van der Waals surface area (Å²) in [5.41, 5.74) is 1.45. The Morgan fingerprint density at radius 3 is 2.58 bits per heavy atom. The molecule has 1 unspecified atom stereocenters. The number of piperidine rings is 1. The maximum atomic E-state index is 12.9. The summed E-state index contributed by atoms with van der Waals surface area (Å²) in [6.07, 6.45) is 3.88. The number of halogens is 2. The molecule has 3 rings (SSSR count). The van der Waals surface area contributed by atoms with E-state index in [1.165, 1.54) is 0 Å². The fraction of sp³-hybridized carbons (Fsp3) is 0.333. The first-order chi connectivity index (χ1) is 12.6. The molecule has 5 heteroatoms. The average Bonchev–Trinajstić information content (AvgIpc) is 2.68. The lowest BCUT2D eigenvalue weighted by molar-refractivity contribution is -0.108. The number of nitrogens with zero attached hydrogens (tertiary/aromatic N) is 1. The standard InChI is InChI=1S/C21H21Cl2NO2/c22-18-9-8-17(14-19(18)23)21(11-5-13-25)10-4-12-24(15-21)20(26)16-6-2-1-3-7-16/h1-3,6-9,13-14H,4-5,10-12,15H2. The van der Waals surface area contributed by atoms with Crippen molar-refractivity contribution in [3.63, 3.8) is 0 Å². The molecule has 1 saturated heterocycles. The van der Waals surface area contributed by atoms with Crippen molar-refractivity contribution < 1.29 is 9.59 Å². The zero-order valence-corrected chi connectivity index (χ0v) is 16.0. The van der Waals surface area contributed by atoms with Crippen LogP contribution in [0.4, 0.5) is 0 Å². The highest BCUT2D eigenvalue weighted by molar-refractivity contribution is 6.42. The van der Waals surface area contributed by atoms with E-state index in [2.05, 4.69) is 0 Å². The van der Waals surface area contributed by atoms with Crippen LogP contribution in [0.15, 0.2) is 48.5 Å². The predicted octanol–water partition coefficient (Wildman–Crippen LogP) is 5.15. The van der Waals surface area contributed by atoms with Crippen LogP contribution in [0.3, 0.4) is 0 Å². The van der Waals surface area contributed by atoms with Crippen LogP contribution >= 0.6 is 23.2 Å². The van der Waals surface area contributed by atoms with Gasteiger partial charge in [-0.25, -0.2) is 0 Å². The number of hydrogen-bond acceptors (Lipinski definition) is 2. The molecule has 1 atom stereocenters. The Morgan fingerprint density at radius 2 is 1.88 bits per heavy atom. The Hall–Kier alpha value is -1.84. The molecule has 3 nitrogen and oxygen atoms in total. The van der Waals surface area contributed by atoms with Gasteiger partial charge in [0.15, 0.2) is 0 Å². The van der Waals surface area contributed by atoms with Crippen LogP contribution in [0.1, 0.15) is 41.6 Å². The second-order valence-corrected chi connectivity index (χ2v) is 7.63. The van der Waals surface area contributed by atoms with Gasteiger partial charge >= 0.3 is 0 Å². The molecule has 2 aromatic rings. The molecule has 1 fully saturated rings. The summed E-state index contributed by atoms with van der Waals surface area (Å²) in [4.78, 5) is 25.9. The maximum Gasteiger partial charge on any atom is 0.253 e. The summed E-state index contributed by atoms with van der Waals surface area (Å²) >= 11 is 12.3. The molecule has 0 N–H and O–H groups in total. The fourth-order valence-corrected chi connectivity index (χ4v) is 4.11. The monoisotopic (exact) mass is 389 g/mol. The minimum atomic E-state index is -0.280. The smallest absolute Gasteiger partial charge is 0.253 e. The van der Waals surface area contributed by atoms with Crippen molar-refractivity contribution in [2.45, 2.75) is 31.1 Å². The van der Waals surface area contributed by atoms with Crippen molar-refractivity contribution in [3.05, 3.63) is 69.7 Å². The Balaban J connectivity index is 1.92. The molecule has 26 heavy (non-hydrogen) atoms. The van der Waals surface area contributed by atoms with Gasteiger partial charge in [0.05, 0.1) is 10.0 Å². The highest BCUT2D eigenvalue weighted by Crippen LogP contribution is 2.40. The highest BCUT2D eigenvalue weighted by Gasteiger charge is 2.38. The average molecular weight is 390 g/mol. The zero-order valence-electron chi connectivity index (χ0n) is 14.5. The predicted molar refractivity (Wildman–Crippen MR) is 105 cm³/mol. The highest BCUT2D eigenvalue weighted by atomic mass is 35.5. The van der Waals surface area contributed by atoms with E-state index < -0.39 is 0 Å². The molecule has 1 aliphatic heterocycles. The summed E-state index contributed by atoms with van der Waals surface area (Å²) in [5.74, 6) is 0.0286. The normalized spacial score (nSPS) is 20.0. The summed E-state index contributed by atoms with van der Waals surface area (Å²) < 4.78 is 0. The van der Waals surface area contributed by atoms with Crippen molar-refractivity contribution in [1.29, 1.82) is 0 Å². The van der Waals surface area contributed by atoms with Crippen LogP contribution in [0.2, 0.25) is 10.0 Å². The Bertz CT molecular complexity index is 794. The molecule has 1 amide bonds. The first-order valence-electron chi connectivity index (χ1n) is 8.79. The Labute approximate surface area is 163 Å². The molecule has 0 aromatic heterocycles. The first kappa shape index (κ1) is 18.9. The number of carbonyl (C=O) groups is 2. The van der Waals surface area contributed by atoms with E-state index in [-0.39, 0.29) is 11.3 Å².